The van der Waals surface area contributed by atoms with E-state index in [1.807, 2.05) is 0 Å². The lowest BCUT2D eigenvalue weighted by Gasteiger charge is -2.34. The summed E-state index contributed by atoms with van der Waals surface area (Å²) in [5, 5.41) is 4.36. The summed E-state index contributed by atoms with van der Waals surface area (Å²) in [6.07, 6.45) is 4.68. The molecule has 0 radical (unpaired) electrons. The number of benzene rings is 2. The smallest absolute Gasteiger partial charge is 0.173 e. The van der Waals surface area contributed by atoms with Crippen LogP contribution in [-0.2, 0) is 13.0 Å². The van der Waals surface area contributed by atoms with Crippen LogP contribution in [0.1, 0.15) is 62.3 Å². The first-order valence-electron chi connectivity index (χ1n) is 11.4. The Balaban J connectivity index is 1.81. The molecular weight excluding hydrogens is 386 g/mol. The molecule has 1 atom stereocenters. The second-order valence-electron chi connectivity index (χ2n) is 8.64. The first-order valence-corrected chi connectivity index (χ1v) is 11.9. The molecule has 0 aliphatic carbocycles. The number of hydrogen-bond acceptors (Lipinski definition) is 2. The highest BCUT2D eigenvalue weighted by molar-refractivity contribution is 7.80. The third-order valence-corrected chi connectivity index (χ3v) is 6.64. The molecule has 3 nitrogen and oxygen atoms in total. The number of para-hydroxylation sites is 1. The molecular formula is C26H37N3S. The van der Waals surface area contributed by atoms with Crippen LogP contribution in [0.4, 0.5) is 11.4 Å². The molecule has 2 aromatic rings. The van der Waals surface area contributed by atoms with Gasteiger partial charge in [-0.3, -0.25) is 0 Å². The lowest BCUT2D eigenvalue weighted by Crippen LogP contribution is -2.40. The SMILES string of the molecule is CCCN1CCCc2cc(CN(C(=S)Nc3c(C)cccc3C)C(C)CC)ccc21. The van der Waals surface area contributed by atoms with E-state index in [4.69, 9.17) is 12.2 Å². The summed E-state index contributed by atoms with van der Waals surface area (Å²) in [5.74, 6) is 0. The minimum atomic E-state index is 0.377. The molecule has 0 amide bonds. The summed E-state index contributed by atoms with van der Waals surface area (Å²) in [5.41, 5.74) is 7.86. The van der Waals surface area contributed by atoms with Crippen LogP contribution in [0.2, 0.25) is 0 Å². The van der Waals surface area contributed by atoms with E-state index < -0.39 is 0 Å². The Kier molecular flexibility index (Phi) is 7.76. The average molecular weight is 424 g/mol. The standard InChI is InChI=1S/C26H37N3S/c1-6-15-28-16-9-12-23-17-22(13-14-24(23)28)18-29(21(5)7-2)26(30)27-25-19(3)10-8-11-20(25)4/h8,10-11,13-14,17,21H,6-7,9,12,15-16,18H2,1-5H3,(H,27,30). The highest BCUT2D eigenvalue weighted by Gasteiger charge is 2.20. The van der Waals surface area contributed by atoms with Crippen molar-refractivity contribution in [3.05, 3.63) is 58.7 Å². The normalized spacial score (nSPS) is 14.2. The zero-order valence-corrected chi connectivity index (χ0v) is 20.1. The van der Waals surface area contributed by atoms with Crippen LogP contribution in [-0.4, -0.2) is 29.1 Å². The molecule has 0 saturated heterocycles. The molecule has 30 heavy (non-hydrogen) atoms. The second-order valence-corrected chi connectivity index (χ2v) is 9.02. The minimum Gasteiger partial charge on any atom is -0.371 e. The van der Waals surface area contributed by atoms with Gasteiger partial charge in [0, 0.05) is 37.1 Å². The fourth-order valence-corrected chi connectivity index (χ4v) is 4.71. The number of aryl methyl sites for hydroxylation is 3. The molecule has 0 fully saturated rings. The van der Waals surface area contributed by atoms with Crippen molar-refractivity contribution in [2.75, 3.05) is 23.3 Å². The summed E-state index contributed by atoms with van der Waals surface area (Å²) in [6.45, 7) is 14.2. The van der Waals surface area contributed by atoms with Gasteiger partial charge < -0.3 is 15.1 Å². The van der Waals surface area contributed by atoms with Gasteiger partial charge in [0.25, 0.3) is 0 Å². The molecule has 1 aliphatic heterocycles. The molecule has 1 N–H and O–H groups in total. The van der Waals surface area contributed by atoms with E-state index in [0.717, 1.165) is 30.3 Å². The van der Waals surface area contributed by atoms with Gasteiger partial charge in [0.15, 0.2) is 5.11 Å². The van der Waals surface area contributed by atoms with E-state index in [0.29, 0.717) is 6.04 Å². The van der Waals surface area contributed by atoms with Crippen molar-refractivity contribution in [1.29, 1.82) is 0 Å². The third kappa shape index (κ3) is 5.15. The summed E-state index contributed by atoms with van der Waals surface area (Å²) < 4.78 is 0. The van der Waals surface area contributed by atoms with Crippen LogP contribution < -0.4 is 10.2 Å². The number of thiocarbonyl (C=S) groups is 1. The van der Waals surface area contributed by atoms with E-state index in [1.54, 1.807) is 0 Å². The van der Waals surface area contributed by atoms with E-state index >= 15 is 0 Å². The van der Waals surface area contributed by atoms with E-state index in [2.05, 4.69) is 86.1 Å². The number of nitrogens with zero attached hydrogens (tertiary/aromatic N) is 2. The predicted octanol–water partition coefficient (Wildman–Crippen LogP) is 6.46. The van der Waals surface area contributed by atoms with Crippen LogP contribution >= 0.6 is 12.2 Å². The number of rotatable bonds is 7. The zero-order valence-electron chi connectivity index (χ0n) is 19.3. The average Bonchev–Trinajstić information content (AvgIpc) is 2.74. The minimum absolute atomic E-state index is 0.377. The molecule has 1 aliphatic rings. The van der Waals surface area contributed by atoms with Crippen molar-refractivity contribution in [2.24, 2.45) is 0 Å². The largest absolute Gasteiger partial charge is 0.371 e. The highest BCUT2D eigenvalue weighted by atomic mass is 32.1. The number of fused-ring (bicyclic) bond motifs is 1. The van der Waals surface area contributed by atoms with Gasteiger partial charge in [0.1, 0.15) is 0 Å². The fourth-order valence-electron chi connectivity index (χ4n) is 4.36. The van der Waals surface area contributed by atoms with Crippen LogP contribution in [0.5, 0.6) is 0 Å². The van der Waals surface area contributed by atoms with Gasteiger partial charge in [-0.05, 0) is 87.0 Å². The van der Waals surface area contributed by atoms with Gasteiger partial charge in [0.2, 0.25) is 0 Å². The lowest BCUT2D eigenvalue weighted by molar-refractivity contribution is 0.319. The van der Waals surface area contributed by atoms with Crippen LogP contribution in [0.3, 0.4) is 0 Å². The van der Waals surface area contributed by atoms with Gasteiger partial charge in [-0.2, -0.15) is 0 Å². The summed E-state index contributed by atoms with van der Waals surface area (Å²) in [4.78, 5) is 4.89. The third-order valence-electron chi connectivity index (χ3n) is 6.30. The van der Waals surface area contributed by atoms with Gasteiger partial charge in [-0.15, -0.1) is 0 Å². The van der Waals surface area contributed by atoms with Crippen LogP contribution in [0, 0.1) is 13.8 Å². The molecule has 0 saturated carbocycles. The lowest BCUT2D eigenvalue weighted by atomic mass is 9.98. The Morgan fingerprint density at radius 3 is 2.57 bits per heavy atom. The monoisotopic (exact) mass is 423 g/mol. The molecule has 1 heterocycles. The predicted molar refractivity (Wildman–Crippen MR) is 135 cm³/mol. The molecule has 3 rings (SSSR count). The van der Waals surface area contributed by atoms with Crippen molar-refractivity contribution >= 4 is 28.7 Å². The molecule has 0 bridgehead atoms. The Morgan fingerprint density at radius 1 is 1.17 bits per heavy atom. The molecule has 0 aromatic heterocycles. The van der Waals surface area contributed by atoms with Gasteiger partial charge >= 0.3 is 0 Å². The summed E-state index contributed by atoms with van der Waals surface area (Å²) in [7, 11) is 0. The van der Waals surface area contributed by atoms with Crippen molar-refractivity contribution < 1.29 is 0 Å². The highest BCUT2D eigenvalue weighted by Crippen LogP contribution is 2.29. The number of nitrogens with one attached hydrogen (secondary N) is 1. The van der Waals surface area contributed by atoms with Gasteiger partial charge in [-0.1, -0.05) is 44.2 Å². The number of anilines is 2. The zero-order chi connectivity index (χ0) is 21.7. The fraction of sp³-hybridized carbons (Fsp3) is 0.500. The maximum Gasteiger partial charge on any atom is 0.173 e. The maximum absolute atomic E-state index is 5.90. The molecule has 2 aromatic carbocycles. The Labute approximate surface area is 188 Å². The molecule has 162 valence electrons. The van der Waals surface area contributed by atoms with Crippen LogP contribution in [0.15, 0.2) is 36.4 Å². The first-order chi connectivity index (χ1) is 14.4. The van der Waals surface area contributed by atoms with E-state index in [9.17, 15) is 0 Å². The summed E-state index contributed by atoms with van der Waals surface area (Å²) >= 11 is 5.90. The Hall–Kier alpha value is -2.07. The maximum atomic E-state index is 5.90. The van der Waals surface area contributed by atoms with Crippen LogP contribution in [0.25, 0.3) is 0 Å². The van der Waals surface area contributed by atoms with E-state index in [-0.39, 0.29) is 0 Å². The molecule has 4 heteroatoms. The second kappa shape index (κ2) is 10.3. The molecule has 0 spiro atoms. The van der Waals surface area contributed by atoms with Crippen molar-refractivity contribution in [3.63, 3.8) is 0 Å². The van der Waals surface area contributed by atoms with Crippen molar-refractivity contribution in [1.82, 2.24) is 4.90 Å². The Bertz CT molecular complexity index is 856. The number of hydrogen-bond donors (Lipinski definition) is 1. The van der Waals surface area contributed by atoms with Crippen molar-refractivity contribution in [2.45, 2.75) is 72.9 Å². The van der Waals surface area contributed by atoms with Gasteiger partial charge in [0.05, 0.1) is 0 Å². The molecule has 1 unspecified atom stereocenters. The topological polar surface area (TPSA) is 18.5 Å². The van der Waals surface area contributed by atoms with Gasteiger partial charge in [-0.25, -0.2) is 0 Å². The van der Waals surface area contributed by atoms with Crippen molar-refractivity contribution in [3.8, 4) is 0 Å². The van der Waals surface area contributed by atoms with E-state index in [1.165, 1.54) is 53.7 Å². The summed E-state index contributed by atoms with van der Waals surface area (Å²) in [6, 6.07) is 13.8. The quantitative estimate of drug-likeness (QED) is 0.515. The Morgan fingerprint density at radius 2 is 1.90 bits per heavy atom. The first kappa shape index (κ1) is 22.6.